The van der Waals surface area contributed by atoms with Gasteiger partial charge in [0, 0.05) is 20.1 Å². The summed E-state index contributed by atoms with van der Waals surface area (Å²) in [7, 11) is 3.15. The molecule has 0 aliphatic carbocycles. The number of carbonyl (C=O) groups excluding carboxylic acids is 1. The van der Waals surface area contributed by atoms with Crippen LogP contribution in [0.2, 0.25) is 0 Å². The number of rotatable bonds is 7. The molecular formula is C19H30N4O2. The first-order chi connectivity index (χ1) is 12.2. The molecule has 6 nitrogen and oxygen atoms in total. The molecule has 1 aromatic carbocycles. The third kappa shape index (κ3) is 5.74. The van der Waals surface area contributed by atoms with E-state index in [0.29, 0.717) is 18.5 Å². The number of guanidine groups is 1. The van der Waals surface area contributed by atoms with Gasteiger partial charge in [-0.25, -0.2) is 0 Å². The summed E-state index contributed by atoms with van der Waals surface area (Å²) < 4.78 is 4.76. The minimum Gasteiger partial charge on any atom is -0.469 e. The molecule has 2 atom stereocenters. The monoisotopic (exact) mass is 346 g/mol. The molecule has 138 valence electrons. The van der Waals surface area contributed by atoms with Gasteiger partial charge in [0.2, 0.25) is 0 Å². The van der Waals surface area contributed by atoms with Crippen molar-refractivity contribution >= 4 is 11.9 Å². The van der Waals surface area contributed by atoms with Crippen molar-refractivity contribution < 1.29 is 9.53 Å². The molecule has 0 saturated carbocycles. The number of methoxy groups -OCH3 is 1. The summed E-state index contributed by atoms with van der Waals surface area (Å²) in [5.74, 6) is 0.269. The number of benzene rings is 1. The van der Waals surface area contributed by atoms with Crippen LogP contribution in [0.3, 0.4) is 0 Å². The lowest BCUT2D eigenvalue weighted by molar-refractivity contribution is -0.144. The van der Waals surface area contributed by atoms with E-state index in [4.69, 9.17) is 4.74 Å². The highest BCUT2D eigenvalue weighted by molar-refractivity contribution is 5.80. The first kappa shape index (κ1) is 19.2. The summed E-state index contributed by atoms with van der Waals surface area (Å²) >= 11 is 0. The number of hydrogen-bond donors (Lipinski definition) is 2. The first-order valence-corrected chi connectivity index (χ1v) is 8.97. The lowest BCUT2D eigenvalue weighted by atomic mass is 10.1. The average molecular weight is 346 g/mol. The van der Waals surface area contributed by atoms with Crippen LogP contribution in [0.1, 0.15) is 31.4 Å². The molecule has 1 aliphatic heterocycles. The third-order valence-electron chi connectivity index (χ3n) is 4.63. The van der Waals surface area contributed by atoms with Crippen LogP contribution in [-0.4, -0.2) is 57.2 Å². The SMILES string of the molecule is CN=C(NCC(C)C(=O)OC)NCC(c1ccccc1)N1CCCC1. The Balaban J connectivity index is 1.93. The van der Waals surface area contributed by atoms with Crippen LogP contribution >= 0.6 is 0 Å². The van der Waals surface area contributed by atoms with Crippen LogP contribution in [0.15, 0.2) is 35.3 Å². The number of nitrogens with zero attached hydrogens (tertiary/aromatic N) is 2. The molecule has 0 radical (unpaired) electrons. The van der Waals surface area contributed by atoms with Crippen molar-refractivity contribution in [1.82, 2.24) is 15.5 Å². The third-order valence-corrected chi connectivity index (χ3v) is 4.63. The van der Waals surface area contributed by atoms with Gasteiger partial charge in [0.25, 0.3) is 0 Å². The number of aliphatic imine (C=N–C) groups is 1. The smallest absolute Gasteiger partial charge is 0.310 e. The predicted molar refractivity (Wildman–Crippen MR) is 101 cm³/mol. The maximum Gasteiger partial charge on any atom is 0.310 e. The topological polar surface area (TPSA) is 66.0 Å². The maximum atomic E-state index is 11.5. The molecule has 1 aromatic rings. The number of likely N-dealkylation sites (tertiary alicyclic amines) is 1. The fourth-order valence-corrected chi connectivity index (χ4v) is 3.13. The Morgan fingerprint density at radius 1 is 1.20 bits per heavy atom. The Hall–Kier alpha value is -2.08. The molecule has 2 unspecified atom stereocenters. The van der Waals surface area contributed by atoms with E-state index in [9.17, 15) is 4.79 Å². The van der Waals surface area contributed by atoms with Crippen molar-refractivity contribution in [2.45, 2.75) is 25.8 Å². The second-order valence-corrected chi connectivity index (χ2v) is 6.43. The molecule has 2 rings (SSSR count). The fraction of sp³-hybridized carbons (Fsp3) is 0.579. The van der Waals surface area contributed by atoms with Crippen molar-refractivity contribution in [1.29, 1.82) is 0 Å². The second-order valence-electron chi connectivity index (χ2n) is 6.43. The van der Waals surface area contributed by atoms with Crippen LogP contribution in [0.5, 0.6) is 0 Å². The van der Waals surface area contributed by atoms with Gasteiger partial charge in [-0.05, 0) is 31.5 Å². The normalized spacial score (nSPS) is 17.8. The zero-order chi connectivity index (χ0) is 18.1. The van der Waals surface area contributed by atoms with Gasteiger partial charge in [-0.2, -0.15) is 0 Å². The van der Waals surface area contributed by atoms with Crippen LogP contribution in [0.25, 0.3) is 0 Å². The van der Waals surface area contributed by atoms with Crippen molar-refractivity contribution in [3.63, 3.8) is 0 Å². The van der Waals surface area contributed by atoms with Crippen molar-refractivity contribution in [3.05, 3.63) is 35.9 Å². The molecule has 0 aromatic heterocycles. The first-order valence-electron chi connectivity index (χ1n) is 8.97. The van der Waals surface area contributed by atoms with Gasteiger partial charge < -0.3 is 15.4 Å². The lowest BCUT2D eigenvalue weighted by Crippen LogP contribution is -2.44. The minimum absolute atomic E-state index is 0.216. The molecule has 0 amide bonds. The second kappa shape index (κ2) is 10.0. The van der Waals surface area contributed by atoms with E-state index in [0.717, 1.165) is 19.6 Å². The van der Waals surface area contributed by atoms with E-state index >= 15 is 0 Å². The number of esters is 1. The van der Waals surface area contributed by atoms with Crippen LogP contribution in [0, 0.1) is 5.92 Å². The zero-order valence-corrected chi connectivity index (χ0v) is 15.5. The van der Waals surface area contributed by atoms with Gasteiger partial charge in [0.15, 0.2) is 5.96 Å². The van der Waals surface area contributed by atoms with Gasteiger partial charge >= 0.3 is 5.97 Å². The summed E-state index contributed by atoms with van der Waals surface area (Å²) in [6.45, 7) is 5.37. The number of nitrogens with one attached hydrogen (secondary N) is 2. The molecule has 0 spiro atoms. The van der Waals surface area contributed by atoms with Gasteiger partial charge in [0.1, 0.15) is 0 Å². The summed E-state index contributed by atoms with van der Waals surface area (Å²) in [5.41, 5.74) is 1.32. The van der Waals surface area contributed by atoms with Gasteiger partial charge in [-0.15, -0.1) is 0 Å². The highest BCUT2D eigenvalue weighted by Crippen LogP contribution is 2.24. The minimum atomic E-state index is -0.220. The highest BCUT2D eigenvalue weighted by Gasteiger charge is 2.23. The van der Waals surface area contributed by atoms with Gasteiger partial charge in [-0.3, -0.25) is 14.7 Å². The largest absolute Gasteiger partial charge is 0.469 e. The Bertz CT molecular complexity index is 556. The summed E-state index contributed by atoms with van der Waals surface area (Å²) in [4.78, 5) is 18.3. The summed E-state index contributed by atoms with van der Waals surface area (Å²) in [5, 5.41) is 6.60. The zero-order valence-electron chi connectivity index (χ0n) is 15.5. The van der Waals surface area contributed by atoms with E-state index < -0.39 is 0 Å². The van der Waals surface area contributed by atoms with Crippen molar-refractivity contribution in [3.8, 4) is 0 Å². The Morgan fingerprint density at radius 2 is 1.84 bits per heavy atom. The van der Waals surface area contributed by atoms with E-state index in [1.807, 2.05) is 13.0 Å². The van der Waals surface area contributed by atoms with E-state index in [1.165, 1.54) is 25.5 Å². The molecule has 1 aliphatic rings. The molecule has 0 bridgehead atoms. The highest BCUT2D eigenvalue weighted by atomic mass is 16.5. The number of ether oxygens (including phenoxy) is 1. The Kier molecular flexibility index (Phi) is 7.73. The lowest BCUT2D eigenvalue weighted by Gasteiger charge is -2.29. The molecule has 6 heteroatoms. The summed E-state index contributed by atoms with van der Waals surface area (Å²) in [6, 6.07) is 10.9. The van der Waals surface area contributed by atoms with E-state index in [2.05, 4.69) is 44.8 Å². The van der Waals surface area contributed by atoms with Crippen molar-refractivity contribution in [2.24, 2.45) is 10.9 Å². The van der Waals surface area contributed by atoms with Gasteiger partial charge in [0.05, 0.1) is 19.1 Å². The molecule has 1 fully saturated rings. The summed E-state index contributed by atoms with van der Waals surface area (Å²) in [6.07, 6.45) is 2.51. The molecule has 1 saturated heterocycles. The molecular weight excluding hydrogens is 316 g/mol. The quantitative estimate of drug-likeness (QED) is 0.448. The van der Waals surface area contributed by atoms with E-state index in [1.54, 1.807) is 7.05 Å². The number of hydrogen-bond acceptors (Lipinski definition) is 4. The molecule has 2 N–H and O–H groups in total. The van der Waals surface area contributed by atoms with Crippen LogP contribution in [-0.2, 0) is 9.53 Å². The van der Waals surface area contributed by atoms with Crippen LogP contribution in [0.4, 0.5) is 0 Å². The predicted octanol–water partition coefficient (Wildman–Crippen LogP) is 1.80. The van der Waals surface area contributed by atoms with E-state index in [-0.39, 0.29) is 11.9 Å². The fourth-order valence-electron chi connectivity index (χ4n) is 3.13. The molecule has 1 heterocycles. The Labute approximate surface area is 150 Å². The van der Waals surface area contributed by atoms with Crippen LogP contribution < -0.4 is 10.6 Å². The molecule has 25 heavy (non-hydrogen) atoms. The Morgan fingerprint density at radius 3 is 2.44 bits per heavy atom. The van der Waals surface area contributed by atoms with Crippen molar-refractivity contribution in [2.75, 3.05) is 40.3 Å². The average Bonchev–Trinajstić information content (AvgIpc) is 3.18. The van der Waals surface area contributed by atoms with Gasteiger partial charge in [-0.1, -0.05) is 37.3 Å². The standard InChI is InChI=1S/C19H30N4O2/c1-15(18(24)25-3)13-21-19(20-2)22-14-17(23-11-7-8-12-23)16-9-5-4-6-10-16/h4-6,9-10,15,17H,7-8,11-14H2,1-3H3,(H2,20,21,22). The maximum absolute atomic E-state index is 11.5. The number of carbonyl (C=O) groups is 1.